The van der Waals surface area contributed by atoms with Crippen LogP contribution in [0.15, 0.2) is 36.7 Å². The molecule has 1 heterocycles. The summed E-state index contributed by atoms with van der Waals surface area (Å²) in [5, 5.41) is 0. The third-order valence-corrected chi connectivity index (χ3v) is 3.21. The number of benzene rings is 1. The zero-order valence-corrected chi connectivity index (χ0v) is 10.0. The van der Waals surface area contributed by atoms with Gasteiger partial charge in [0.25, 0.3) is 0 Å². The van der Waals surface area contributed by atoms with Gasteiger partial charge in [-0.25, -0.2) is 0 Å². The topological polar surface area (TPSA) is 61.0 Å². The van der Waals surface area contributed by atoms with Crippen molar-refractivity contribution in [3.8, 4) is 5.88 Å². The molecular weight excluding hydrogens is 226 g/mol. The van der Waals surface area contributed by atoms with Crippen LogP contribution in [-0.2, 0) is 6.42 Å². The predicted octanol–water partition coefficient (Wildman–Crippen LogP) is 2.52. The Balaban J connectivity index is 1.86. The van der Waals surface area contributed by atoms with Gasteiger partial charge in [0.15, 0.2) is 0 Å². The second-order valence-electron chi connectivity index (χ2n) is 4.48. The number of ether oxygens (including phenoxy) is 1. The molecule has 4 nitrogen and oxygen atoms in total. The van der Waals surface area contributed by atoms with Crippen molar-refractivity contribution in [2.45, 2.75) is 25.4 Å². The number of nitrogens with zero attached hydrogens (tertiary/aromatic N) is 2. The first-order chi connectivity index (χ1) is 8.83. The van der Waals surface area contributed by atoms with E-state index in [4.69, 9.17) is 10.5 Å². The molecule has 4 heteroatoms. The summed E-state index contributed by atoms with van der Waals surface area (Å²) in [7, 11) is 0. The molecule has 0 radical (unpaired) electrons. The summed E-state index contributed by atoms with van der Waals surface area (Å²) in [4.78, 5) is 8.13. The van der Waals surface area contributed by atoms with Crippen molar-refractivity contribution >= 4 is 5.82 Å². The highest BCUT2D eigenvalue weighted by Crippen LogP contribution is 2.32. The molecule has 0 saturated carbocycles. The van der Waals surface area contributed by atoms with Crippen LogP contribution in [-0.4, -0.2) is 9.97 Å². The second kappa shape index (κ2) is 4.64. The van der Waals surface area contributed by atoms with Gasteiger partial charge in [-0.2, -0.15) is 4.98 Å². The number of nitrogens with two attached hydrogens (primary N) is 1. The fourth-order valence-corrected chi connectivity index (χ4v) is 2.40. The molecule has 0 bridgehead atoms. The Hall–Kier alpha value is -2.10. The van der Waals surface area contributed by atoms with Crippen molar-refractivity contribution in [1.82, 2.24) is 9.97 Å². The van der Waals surface area contributed by atoms with E-state index >= 15 is 0 Å². The van der Waals surface area contributed by atoms with Gasteiger partial charge in [-0.15, -0.1) is 0 Å². The number of hydrogen-bond donors (Lipinski definition) is 1. The van der Waals surface area contributed by atoms with Crippen molar-refractivity contribution in [1.29, 1.82) is 0 Å². The van der Waals surface area contributed by atoms with E-state index in [9.17, 15) is 0 Å². The molecule has 2 N–H and O–H groups in total. The number of aryl methyl sites for hydroxylation is 1. The van der Waals surface area contributed by atoms with Crippen LogP contribution in [0.2, 0.25) is 0 Å². The normalized spacial score (nSPS) is 18.1. The molecule has 1 aromatic heterocycles. The summed E-state index contributed by atoms with van der Waals surface area (Å²) in [6, 6.07) is 8.40. The summed E-state index contributed by atoms with van der Waals surface area (Å²) in [6.07, 6.45) is 6.45. The summed E-state index contributed by atoms with van der Waals surface area (Å²) < 4.78 is 5.91. The molecule has 0 saturated heterocycles. The van der Waals surface area contributed by atoms with E-state index in [1.807, 2.05) is 6.07 Å². The smallest absolute Gasteiger partial charge is 0.234 e. The molecule has 1 aliphatic rings. The Morgan fingerprint density at radius 1 is 1.22 bits per heavy atom. The van der Waals surface area contributed by atoms with Gasteiger partial charge in [0.1, 0.15) is 11.9 Å². The lowest BCUT2D eigenvalue weighted by Crippen LogP contribution is -2.15. The molecule has 92 valence electrons. The van der Waals surface area contributed by atoms with E-state index in [1.165, 1.54) is 17.3 Å². The highest BCUT2D eigenvalue weighted by Gasteiger charge is 2.21. The number of nitrogen functional groups attached to an aromatic ring is 1. The molecule has 0 amide bonds. The van der Waals surface area contributed by atoms with Crippen LogP contribution >= 0.6 is 0 Å². The molecule has 2 aromatic rings. The Bertz CT molecular complexity index is 556. The second-order valence-corrected chi connectivity index (χ2v) is 4.48. The van der Waals surface area contributed by atoms with Crippen molar-refractivity contribution in [2.75, 3.05) is 5.73 Å². The molecular formula is C14H15N3O. The third-order valence-electron chi connectivity index (χ3n) is 3.21. The van der Waals surface area contributed by atoms with E-state index in [1.54, 1.807) is 6.20 Å². The Morgan fingerprint density at radius 2 is 2.11 bits per heavy atom. The van der Waals surface area contributed by atoms with E-state index in [0.29, 0.717) is 11.7 Å². The minimum absolute atomic E-state index is 0.0612. The highest BCUT2D eigenvalue weighted by atomic mass is 16.5. The first-order valence-electron chi connectivity index (χ1n) is 6.15. The van der Waals surface area contributed by atoms with Crippen molar-refractivity contribution in [2.24, 2.45) is 0 Å². The van der Waals surface area contributed by atoms with Crippen LogP contribution in [0.1, 0.15) is 30.1 Å². The van der Waals surface area contributed by atoms with Gasteiger partial charge >= 0.3 is 0 Å². The number of rotatable bonds is 2. The summed E-state index contributed by atoms with van der Waals surface area (Å²) in [6.45, 7) is 0. The average molecular weight is 241 g/mol. The fourth-order valence-electron chi connectivity index (χ4n) is 2.40. The van der Waals surface area contributed by atoms with Gasteiger partial charge in [-0.3, -0.25) is 4.98 Å². The van der Waals surface area contributed by atoms with E-state index < -0.39 is 0 Å². The first-order valence-corrected chi connectivity index (χ1v) is 6.15. The maximum Gasteiger partial charge on any atom is 0.234 e. The number of hydrogen-bond acceptors (Lipinski definition) is 4. The molecule has 1 unspecified atom stereocenters. The van der Waals surface area contributed by atoms with Gasteiger partial charge in [0.2, 0.25) is 5.88 Å². The third kappa shape index (κ3) is 2.14. The van der Waals surface area contributed by atoms with Gasteiger partial charge in [-0.05, 0) is 30.4 Å². The monoisotopic (exact) mass is 241 g/mol. The summed E-state index contributed by atoms with van der Waals surface area (Å²) in [5.74, 6) is 0.883. The van der Waals surface area contributed by atoms with E-state index in [2.05, 4.69) is 28.2 Å². The SMILES string of the molecule is Nc1cncc(OC2CCCc3ccccc32)n1. The Kier molecular flexibility index (Phi) is 2.84. The fraction of sp³-hybridized carbons (Fsp3) is 0.286. The summed E-state index contributed by atoms with van der Waals surface area (Å²) >= 11 is 0. The van der Waals surface area contributed by atoms with Gasteiger partial charge < -0.3 is 10.5 Å². The minimum Gasteiger partial charge on any atom is -0.468 e. The van der Waals surface area contributed by atoms with Crippen molar-refractivity contribution < 1.29 is 4.74 Å². The lowest BCUT2D eigenvalue weighted by Gasteiger charge is -2.25. The van der Waals surface area contributed by atoms with Gasteiger partial charge in [-0.1, -0.05) is 24.3 Å². The van der Waals surface area contributed by atoms with Crippen LogP contribution in [0.3, 0.4) is 0 Å². The van der Waals surface area contributed by atoms with Crippen LogP contribution in [0.4, 0.5) is 5.82 Å². The first kappa shape index (κ1) is 11.0. The highest BCUT2D eigenvalue weighted by molar-refractivity contribution is 5.32. The molecule has 18 heavy (non-hydrogen) atoms. The molecule has 1 atom stereocenters. The van der Waals surface area contributed by atoms with Crippen molar-refractivity contribution in [3.05, 3.63) is 47.8 Å². The Morgan fingerprint density at radius 3 is 3.00 bits per heavy atom. The molecule has 0 fully saturated rings. The largest absolute Gasteiger partial charge is 0.468 e. The number of aromatic nitrogens is 2. The van der Waals surface area contributed by atoms with E-state index in [0.717, 1.165) is 19.3 Å². The molecule has 3 rings (SSSR count). The van der Waals surface area contributed by atoms with Crippen LogP contribution in [0.5, 0.6) is 5.88 Å². The summed E-state index contributed by atoms with van der Waals surface area (Å²) in [5.41, 5.74) is 8.23. The number of fused-ring (bicyclic) bond motifs is 1. The quantitative estimate of drug-likeness (QED) is 0.877. The predicted molar refractivity (Wildman–Crippen MR) is 69.2 cm³/mol. The number of anilines is 1. The zero-order chi connectivity index (χ0) is 12.4. The van der Waals surface area contributed by atoms with Gasteiger partial charge in [0.05, 0.1) is 12.4 Å². The minimum atomic E-state index is 0.0612. The van der Waals surface area contributed by atoms with Gasteiger partial charge in [0, 0.05) is 0 Å². The van der Waals surface area contributed by atoms with Crippen LogP contribution in [0.25, 0.3) is 0 Å². The standard InChI is InChI=1S/C14H15N3O/c15-13-8-16-9-14(17-13)18-12-7-3-5-10-4-1-2-6-11(10)12/h1-2,4,6,8-9,12H,3,5,7H2,(H2,15,17). The molecule has 1 aromatic carbocycles. The van der Waals surface area contributed by atoms with Crippen LogP contribution < -0.4 is 10.5 Å². The maximum atomic E-state index is 5.91. The lowest BCUT2D eigenvalue weighted by molar-refractivity contribution is 0.175. The maximum absolute atomic E-state index is 5.91. The van der Waals surface area contributed by atoms with Crippen LogP contribution in [0, 0.1) is 0 Å². The lowest BCUT2D eigenvalue weighted by atomic mass is 9.89. The molecule has 0 aliphatic heterocycles. The zero-order valence-electron chi connectivity index (χ0n) is 10.0. The van der Waals surface area contributed by atoms with Crippen molar-refractivity contribution in [3.63, 3.8) is 0 Å². The van der Waals surface area contributed by atoms with E-state index in [-0.39, 0.29) is 6.10 Å². The Labute approximate surface area is 106 Å². The molecule has 1 aliphatic carbocycles. The molecule has 0 spiro atoms. The average Bonchev–Trinajstić information content (AvgIpc) is 2.39.